The van der Waals surface area contributed by atoms with Crippen molar-refractivity contribution < 1.29 is 22.3 Å². The van der Waals surface area contributed by atoms with Crippen LogP contribution in [0.2, 0.25) is 5.02 Å². The fourth-order valence-corrected chi connectivity index (χ4v) is 1.52. The molecule has 19 heavy (non-hydrogen) atoms. The fraction of sp³-hybridized carbons (Fsp3) is 0.273. The second-order valence-corrected chi connectivity index (χ2v) is 4.17. The molecule has 3 nitrogen and oxygen atoms in total. The monoisotopic (exact) mass is 298 g/mol. The van der Waals surface area contributed by atoms with Gasteiger partial charge >= 0.3 is 6.18 Å². The van der Waals surface area contributed by atoms with E-state index in [1.165, 1.54) is 13.0 Å². The maximum Gasteiger partial charge on any atom is 0.416 e. The molecule has 0 fully saturated rings. The van der Waals surface area contributed by atoms with Gasteiger partial charge in [0.25, 0.3) is 0 Å². The molecule has 1 aromatic carbocycles. The lowest BCUT2D eigenvalue weighted by atomic mass is 10.2. The van der Waals surface area contributed by atoms with Crippen LogP contribution >= 0.6 is 11.6 Å². The highest BCUT2D eigenvalue weighted by atomic mass is 35.5. The highest BCUT2D eigenvalue weighted by Crippen LogP contribution is 2.36. The van der Waals surface area contributed by atoms with Crippen LogP contribution in [0.25, 0.3) is 0 Å². The zero-order valence-electron chi connectivity index (χ0n) is 9.76. The largest absolute Gasteiger partial charge is 0.467 e. The third kappa shape index (κ3) is 4.29. The molecular formula is C11H11ClF4N2O. The summed E-state index contributed by atoms with van der Waals surface area (Å²) in [6.45, 7) is 1.52. The Bertz CT molecular complexity index is 475. The summed E-state index contributed by atoms with van der Waals surface area (Å²) < 4.78 is 55.6. The molecule has 0 aliphatic carbocycles. The zero-order valence-corrected chi connectivity index (χ0v) is 10.5. The number of alkyl halides is 3. The summed E-state index contributed by atoms with van der Waals surface area (Å²) in [6, 6.07) is 0.846. The number of ether oxygens (including phenoxy) is 1. The van der Waals surface area contributed by atoms with Crippen molar-refractivity contribution in [1.29, 1.82) is 0 Å². The van der Waals surface area contributed by atoms with Crippen LogP contribution in [0.1, 0.15) is 12.5 Å². The summed E-state index contributed by atoms with van der Waals surface area (Å²) in [5, 5.41) is -0.522. The first-order valence-corrected chi connectivity index (χ1v) is 5.41. The molecule has 1 atom stereocenters. The minimum Gasteiger partial charge on any atom is -0.467 e. The first kappa shape index (κ1) is 15.6. The molecule has 0 bridgehead atoms. The molecule has 0 aliphatic rings. The zero-order chi connectivity index (χ0) is 14.8. The summed E-state index contributed by atoms with van der Waals surface area (Å²) in [7, 11) is 0. The molecular weight excluding hydrogens is 288 g/mol. The van der Waals surface area contributed by atoms with Gasteiger partial charge < -0.3 is 10.5 Å². The molecule has 1 aromatic rings. The predicted octanol–water partition coefficient (Wildman–Crippen LogP) is 3.02. The molecule has 0 radical (unpaired) electrons. The molecule has 0 saturated carbocycles. The highest BCUT2D eigenvalue weighted by Gasteiger charge is 2.32. The number of benzene rings is 1. The summed E-state index contributed by atoms with van der Waals surface area (Å²) in [6.07, 6.45) is -4.56. The molecule has 0 saturated heterocycles. The van der Waals surface area contributed by atoms with Gasteiger partial charge in [0.1, 0.15) is 0 Å². The van der Waals surface area contributed by atoms with E-state index in [1.807, 2.05) is 0 Å². The molecule has 0 aromatic heterocycles. The van der Waals surface area contributed by atoms with Crippen LogP contribution in [0.15, 0.2) is 23.9 Å². The second kappa shape index (κ2) is 5.66. The van der Waals surface area contributed by atoms with Crippen molar-refractivity contribution in [3.63, 3.8) is 0 Å². The van der Waals surface area contributed by atoms with Crippen molar-refractivity contribution in [2.75, 3.05) is 0 Å². The Morgan fingerprint density at radius 3 is 2.42 bits per heavy atom. The molecule has 0 amide bonds. The first-order chi connectivity index (χ1) is 8.61. The maximum absolute atomic E-state index is 13.5. The van der Waals surface area contributed by atoms with E-state index in [2.05, 4.69) is 0 Å². The van der Waals surface area contributed by atoms with Crippen LogP contribution in [-0.4, -0.2) is 6.23 Å². The van der Waals surface area contributed by atoms with Gasteiger partial charge in [-0.05, 0) is 25.1 Å². The van der Waals surface area contributed by atoms with Gasteiger partial charge in [-0.1, -0.05) is 11.6 Å². The van der Waals surface area contributed by atoms with Crippen LogP contribution in [0.5, 0.6) is 5.75 Å². The van der Waals surface area contributed by atoms with Gasteiger partial charge in [-0.2, -0.15) is 13.2 Å². The SMILES string of the molecule is C/C(N)=C/C(N)Oc1c(F)cc(C(F)(F)F)cc1Cl. The fourth-order valence-electron chi connectivity index (χ4n) is 1.27. The van der Waals surface area contributed by atoms with Crippen molar-refractivity contribution in [2.45, 2.75) is 19.3 Å². The molecule has 1 unspecified atom stereocenters. The van der Waals surface area contributed by atoms with Gasteiger partial charge in [0.2, 0.25) is 0 Å². The number of allylic oxidation sites excluding steroid dienone is 1. The van der Waals surface area contributed by atoms with Crippen molar-refractivity contribution in [2.24, 2.45) is 11.5 Å². The van der Waals surface area contributed by atoms with Gasteiger partial charge in [0.15, 0.2) is 17.8 Å². The van der Waals surface area contributed by atoms with E-state index in [0.717, 1.165) is 0 Å². The first-order valence-electron chi connectivity index (χ1n) is 5.03. The van der Waals surface area contributed by atoms with Gasteiger partial charge in [-0.25, -0.2) is 4.39 Å². The normalized spacial score (nSPS) is 14.4. The molecule has 0 aliphatic heterocycles. The standard InChI is InChI=1S/C11H11ClF4N2O/c1-5(17)2-9(18)19-10-7(12)3-6(4-8(10)13)11(14,15)16/h2-4,9H,17-18H2,1H3/b5-2-. The summed E-state index contributed by atoms with van der Waals surface area (Å²) in [5.74, 6) is -1.81. The summed E-state index contributed by atoms with van der Waals surface area (Å²) in [4.78, 5) is 0. The molecule has 0 spiro atoms. The number of hydrogen-bond donors (Lipinski definition) is 2. The Hall–Kier alpha value is -1.47. The van der Waals surface area contributed by atoms with E-state index in [4.69, 9.17) is 27.8 Å². The van der Waals surface area contributed by atoms with Crippen molar-refractivity contribution in [3.05, 3.63) is 40.3 Å². The van der Waals surface area contributed by atoms with E-state index in [9.17, 15) is 17.6 Å². The van der Waals surface area contributed by atoms with Crippen molar-refractivity contribution in [1.82, 2.24) is 0 Å². The van der Waals surface area contributed by atoms with Gasteiger partial charge in [0, 0.05) is 5.70 Å². The van der Waals surface area contributed by atoms with Crippen LogP contribution in [-0.2, 0) is 6.18 Å². The summed E-state index contributed by atoms with van der Waals surface area (Å²) in [5.41, 5.74) is 9.88. The quantitative estimate of drug-likeness (QED) is 0.666. The lowest BCUT2D eigenvalue weighted by Crippen LogP contribution is -2.26. The molecule has 0 heterocycles. The summed E-state index contributed by atoms with van der Waals surface area (Å²) >= 11 is 5.55. The van der Waals surface area contributed by atoms with Crippen LogP contribution < -0.4 is 16.2 Å². The Kier molecular flexibility index (Phi) is 4.65. The number of halogens is 5. The molecule has 8 heteroatoms. The highest BCUT2D eigenvalue weighted by molar-refractivity contribution is 6.32. The lowest BCUT2D eigenvalue weighted by molar-refractivity contribution is -0.137. The van der Waals surface area contributed by atoms with Crippen LogP contribution in [0, 0.1) is 5.82 Å². The van der Waals surface area contributed by atoms with Gasteiger partial charge in [0.05, 0.1) is 10.6 Å². The topological polar surface area (TPSA) is 61.3 Å². The Morgan fingerprint density at radius 2 is 2.00 bits per heavy atom. The van der Waals surface area contributed by atoms with E-state index < -0.39 is 34.6 Å². The van der Waals surface area contributed by atoms with E-state index in [0.29, 0.717) is 11.8 Å². The predicted molar refractivity (Wildman–Crippen MR) is 63.0 cm³/mol. The molecule has 106 valence electrons. The van der Waals surface area contributed by atoms with Crippen LogP contribution in [0.4, 0.5) is 17.6 Å². The Labute approximate surface area is 111 Å². The molecule has 4 N–H and O–H groups in total. The third-order valence-electron chi connectivity index (χ3n) is 2.01. The number of rotatable bonds is 3. The van der Waals surface area contributed by atoms with E-state index in [1.54, 1.807) is 0 Å². The lowest BCUT2D eigenvalue weighted by Gasteiger charge is -2.15. The van der Waals surface area contributed by atoms with Crippen molar-refractivity contribution >= 4 is 11.6 Å². The number of hydrogen-bond acceptors (Lipinski definition) is 3. The Morgan fingerprint density at radius 1 is 1.42 bits per heavy atom. The minimum atomic E-state index is -4.70. The second-order valence-electron chi connectivity index (χ2n) is 3.76. The van der Waals surface area contributed by atoms with Crippen molar-refractivity contribution in [3.8, 4) is 5.75 Å². The number of nitrogens with two attached hydrogens (primary N) is 2. The Balaban J connectivity index is 3.08. The molecule has 1 rings (SSSR count). The van der Waals surface area contributed by atoms with Gasteiger partial charge in [-0.15, -0.1) is 0 Å². The minimum absolute atomic E-state index is 0.285. The van der Waals surface area contributed by atoms with Crippen LogP contribution in [0.3, 0.4) is 0 Å². The third-order valence-corrected chi connectivity index (χ3v) is 2.29. The smallest absolute Gasteiger partial charge is 0.416 e. The maximum atomic E-state index is 13.5. The van der Waals surface area contributed by atoms with E-state index >= 15 is 0 Å². The van der Waals surface area contributed by atoms with Gasteiger partial charge in [-0.3, -0.25) is 5.73 Å². The average molecular weight is 299 g/mol. The average Bonchev–Trinajstić information content (AvgIpc) is 2.20. The van der Waals surface area contributed by atoms with E-state index in [-0.39, 0.29) is 6.07 Å².